The van der Waals surface area contributed by atoms with E-state index in [1.807, 2.05) is 13.0 Å². The second-order valence-corrected chi connectivity index (χ2v) is 6.28. The van der Waals surface area contributed by atoms with Crippen LogP contribution in [0.5, 0.6) is 0 Å². The number of carbonyl (C=O) groups excluding carboxylic acids is 1. The number of amides is 1. The molecule has 27 heavy (non-hydrogen) atoms. The van der Waals surface area contributed by atoms with Crippen LogP contribution in [0.3, 0.4) is 0 Å². The molecule has 1 amide bonds. The van der Waals surface area contributed by atoms with E-state index in [1.54, 1.807) is 24.1 Å². The molecule has 1 N–H and O–H groups in total. The molecule has 3 rings (SSSR count). The van der Waals surface area contributed by atoms with Gasteiger partial charge in [0.05, 0.1) is 6.61 Å². The number of carbonyl (C=O) groups is 1. The maximum absolute atomic E-state index is 13.8. The highest BCUT2D eigenvalue weighted by atomic mass is 19.1. The van der Waals surface area contributed by atoms with E-state index in [1.165, 1.54) is 23.8 Å². The predicted molar refractivity (Wildman–Crippen MR) is 99.7 cm³/mol. The first-order chi connectivity index (χ1) is 13.0. The van der Waals surface area contributed by atoms with Crippen LogP contribution in [0, 0.1) is 11.6 Å². The lowest BCUT2D eigenvalue weighted by Crippen LogP contribution is -2.36. The van der Waals surface area contributed by atoms with Gasteiger partial charge in [-0.1, -0.05) is 11.6 Å². The van der Waals surface area contributed by atoms with E-state index in [4.69, 9.17) is 4.74 Å². The number of ether oxygens (including phenoxy) is 1. The molecule has 0 radical (unpaired) electrons. The Balaban J connectivity index is 1.77. The van der Waals surface area contributed by atoms with Gasteiger partial charge in [-0.3, -0.25) is 0 Å². The summed E-state index contributed by atoms with van der Waals surface area (Å²) in [5.74, 6) is -1.03. The van der Waals surface area contributed by atoms with Gasteiger partial charge < -0.3 is 15.0 Å². The summed E-state index contributed by atoms with van der Waals surface area (Å²) in [7, 11) is 0. The molecule has 0 fully saturated rings. The van der Waals surface area contributed by atoms with Crippen LogP contribution in [0.4, 0.5) is 25.1 Å². The van der Waals surface area contributed by atoms with E-state index >= 15 is 0 Å². The maximum Gasteiger partial charge on any atom is 0.410 e. The minimum Gasteiger partial charge on any atom is -0.450 e. The molecule has 7 heteroatoms. The monoisotopic (exact) mass is 373 g/mol. The number of hydrogen-bond donors (Lipinski definition) is 1. The summed E-state index contributed by atoms with van der Waals surface area (Å²) in [5, 5.41) is 2.66. The zero-order chi connectivity index (χ0) is 19.4. The van der Waals surface area contributed by atoms with Crippen molar-refractivity contribution in [1.82, 2.24) is 9.88 Å². The van der Waals surface area contributed by atoms with Gasteiger partial charge in [0.25, 0.3) is 0 Å². The number of aromatic nitrogens is 1. The highest BCUT2D eigenvalue weighted by Crippen LogP contribution is 2.28. The molecule has 2 heterocycles. The number of benzene rings is 1. The lowest BCUT2D eigenvalue weighted by atomic mass is 9.96. The Kier molecular flexibility index (Phi) is 5.69. The summed E-state index contributed by atoms with van der Waals surface area (Å²) in [6.45, 7) is 5.20. The van der Waals surface area contributed by atoms with Crippen LogP contribution in [-0.2, 0) is 4.74 Å². The van der Waals surface area contributed by atoms with E-state index in [9.17, 15) is 13.6 Å². The van der Waals surface area contributed by atoms with Crippen LogP contribution in [-0.4, -0.2) is 35.7 Å². The Labute approximate surface area is 156 Å². The van der Waals surface area contributed by atoms with Crippen molar-refractivity contribution in [3.8, 4) is 0 Å². The molecule has 0 saturated heterocycles. The second-order valence-electron chi connectivity index (χ2n) is 6.28. The molecule has 2 aromatic rings. The third-order valence-electron chi connectivity index (χ3n) is 4.47. The fourth-order valence-electron chi connectivity index (χ4n) is 2.96. The number of hydrogen-bond acceptors (Lipinski definition) is 4. The van der Waals surface area contributed by atoms with E-state index < -0.39 is 11.6 Å². The summed E-state index contributed by atoms with van der Waals surface area (Å²) in [6.07, 6.45) is 2.06. The lowest BCUT2D eigenvalue weighted by molar-refractivity contribution is 0.111. The first-order valence-corrected chi connectivity index (χ1v) is 8.77. The van der Waals surface area contributed by atoms with E-state index in [0.29, 0.717) is 25.5 Å². The van der Waals surface area contributed by atoms with Crippen LogP contribution < -0.4 is 5.32 Å². The van der Waals surface area contributed by atoms with Gasteiger partial charge >= 0.3 is 6.09 Å². The number of nitrogens with zero attached hydrogens (tertiary/aromatic N) is 2. The van der Waals surface area contributed by atoms with Gasteiger partial charge in [0.2, 0.25) is 0 Å². The number of anilines is 2. The summed E-state index contributed by atoms with van der Waals surface area (Å²) >= 11 is 0. The van der Waals surface area contributed by atoms with Gasteiger partial charge in [-0.25, -0.2) is 18.6 Å². The normalized spacial score (nSPS) is 14.3. The van der Waals surface area contributed by atoms with Crippen molar-refractivity contribution in [3.05, 3.63) is 59.3 Å². The third kappa shape index (κ3) is 4.24. The van der Waals surface area contributed by atoms with Crippen molar-refractivity contribution in [2.75, 3.05) is 25.0 Å². The molecule has 5 nitrogen and oxygen atoms in total. The molecule has 0 aliphatic carbocycles. The molecule has 0 atom stereocenters. The molecule has 0 spiro atoms. The summed E-state index contributed by atoms with van der Waals surface area (Å²) in [4.78, 5) is 17.9. The number of pyridine rings is 1. The first-order valence-electron chi connectivity index (χ1n) is 8.77. The van der Waals surface area contributed by atoms with Crippen LogP contribution in [0.1, 0.15) is 25.8 Å². The average Bonchev–Trinajstić information content (AvgIpc) is 2.66. The van der Waals surface area contributed by atoms with Gasteiger partial charge in [0.1, 0.15) is 23.1 Å². The second kappa shape index (κ2) is 8.16. The van der Waals surface area contributed by atoms with Gasteiger partial charge in [0.15, 0.2) is 0 Å². The van der Waals surface area contributed by atoms with Crippen molar-refractivity contribution >= 4 is 23.2 Å². The SMILES string of the molecule is CCOC(=O)N1CCC(C)=C(c2ccc(Nc3c(F)cccc3F)nc2)C1. The first kappa shape index (κ1) is 18.8. The topological polar surface area (TPSA) is 54.5 Å². The van der Waals surface area contributed by atoms with Gasteiger partial charge in [-0.05, 0) is 55.7 Å². The minimum absolute atomic E-state index is 0.237. The van der Waals surface area contributed by atoms with E-state index in [0.717, 1.165) is 17.6 Å². The Hall–Kier alpha value is -2.96. The summed E-state index contributed by atoms with van der Waals surface area (Å²) in [6, 6.07) is 7.15. The predicted octanol–water partition coefficient (Wildman–Crippen LogP) is 4.74. The van der Waals surface area contributed by atoms with Gasteiger partial charge in [-0.2, -0.15) is 0 Å². The summed E-state index contributed by atoms with van der Waals surface area (Å²) < 4.78 is 32.6. The van der Waals surface area contributed by atoms with E-state index in [2.05, 4.69) is 10.3 Å². The van der Waals surface area contributed by atoms with Gasteiger partial charge in [-0.15, -0.1) is 0 Å². The van der Waals surface area contributed by atoms with Crippen molar-refractivity contribution < 1.29 is 18.3 Å². The van der Waals surface area contributed by atoms with Crippen molar-refractivity contribution in [2.45, 2.75) is 20.3 Å². The van der Waals surface area contributed by atoms with Crippen LogP contribution >= 0.6 is 0 Å². The molecule has 142 valence electrons. The Morgan fingerprint density at radius 2 is 2.00 bits per heavy atom. The number of nitrogens with one attached hydrogen (secondary N) is 1. The van der Waals surface area contributed by atoms with Crippen molar-refractivity contribution in [2.24, 2.45) is 0 Å². The van der Waals surface area contributed by atoms with E-state index in [-0.39, 0.29) is 11.8 Å². The highest BCUT2D eigenvalue weighted by molar-refractivity contribution is 5.77. The highest BCUT2D eigenvalue weighted by Gasteiger charge is 2.23. The number of rotatable bonds is 4. The molecule has 1 aliphatic heterocycles. The Morgan fingerprint density at radius 1 is 1.26 bits per heavy atom. The molecule has 0 unspecified atom stereocenters. The average molecular weight is 373 g/mol. The van der Waals surface area contributed by atoms with Crippen LogP contribution in [0.2, 0.25) is 0 Å². The molecule has 1 aromatic carbocycles. The molecule has 0 saturated carbocycles. The molecule has 0 bridgehead atoms. The molecular formula is C20H21F2N3O2. The van der Waals surface area contributed by atoms with Crippen LogP contribution in [0.25, 0.3) is 5.57 Å². The Morgan fingerprint density at radius 3 is 2.63 bits per heavy atom. The third-order valence-corrected chi connectivity index (χ3v) is 4.47. The standard InChI is InChI=1S/C20H21F2N3O2/c1-3-27-20(26)25-10-9-13(2)15(12-25)14-7-8-18(23-11-14)24-19-16(21)5-4-6-17(19)22/h4-8,11H,3,9-10,12H2,1-2H3,(H,23,24). The van der Waals surface area contributed by atoms with Crippen LogP contribution in [0.15, 0.2) is 42.1 Å². The van der Waals surface area contributed by atoms with Gasteiger partial charge in [0, 0.05) is 19.3 Å². The number of para-hydroxylation sites is 1. The minimum atomic E-state index is -0.684. The maximum atomic E-state index is 13.8. The molecule has 1 aromatic heterocycles. The van der Waals surface area contributed by atoms with Crippen molar-refractivity contribution in [3.63, 3.8) is 0 Å². The fraction of sp³-hybridized carbons (Fsp3) is 0.300. The zero-order valence-electron chi connectivity index (χ0n) is 15.3. The molecule has 1 aliphatic rings. The fourth-order valence-corrected chi connectivity index (χ4v) is 2.96. The zero-order valence-corrected chi connectivity index (χ0v) is 15.3. The quantitative estimate of drug-likeness (QED) is 0.841. The smallest absolute Gasteiger partial charge is 0.410 e. The number of halogens is 2. The summed E-state index contributed by atoms with van der Waals surface area (Å²) in [5.41, 5.74) is 2.81. The molecular weight excluding hydrogens is 352 g/mol. The lowest BCUT2D eigenvalue weighted by Gasteiger charge is -2.29. The van der Waals surface area contributed by atoms with Crippen molar-refractivity contribution in [1.29, 1.82) is 0 Å². The largest absolute Gasteiger partial charge is 0.450 e. The Bertz CT molecular complexity index is 846.